The lowest BCUT2D eigenvalue weighted by molar-refractivity contribution is -0.159. The van der Waals surface area contributed by atoms with E-state index in [1.807, 2.05) is 6.92 Å². The van der Waals surface area contributed by atoms with Crippen molar-refractivity contribution in [3.05, 3.63) is 0 Å². The highest BCUT2D eigenvalue weighted by Crippen LogP contribution is 2.03. The molecule has 15 heavy (non-hydrogen) atoms. The van der Waals surface area contributed by atoms with Gasteiger partial charge in [-0.1, -0.05) is 0 Å². The van der Waals surface area contributed by atoms with Crippen LogP contribution in [0.25, 0.3) is 0 Å². The highest BCUT2D eigenvalue weighted by Gasteiger charge is 2.30. The zero-order valence-electron chi connectivity index (χ0n) is 9.71. The molecule has 1 unspecified atom stereocenters. The summed E-state index contributed by atoms with van der Waals surface area (Å²) in [7, 11) is 1.26. The SMILES string of the molecule is CCOCCCNCC(C)(O)C(=O)OC. The fraction of sp³-hybridized carbons (Fsp3) is 0.900. The van der Waals surface area contributed by atoms with Crippen LogP contribution in [-0.4, -0.2) is 50.1 Å². The minimum Gasteiger partial charge on any atom is -0.467 e. The number of hydrogen-bond acceptors (Lipinski definition) is 5. The standard InChI is InChI=1S/C10H21NO4/c1-4-15-7-5-6-11-8-10(2,13)9(12)14-3/h11,13H,4-8H2,1-3H3. The molecular weight excluding hydrogens is 198 g/mol. The first-order valence-electron chi connectivity index (χ1n) is 5.14. The summed E-state index contributed by atoms with van der Waals surface area (Å²) in [6.07, 6.45) is 0.852. The molecule has 0 aromatic heterocycles. The number of aliphatic hydroxyl groups is 1. The molecule has 0 spiro atoms. The Morgan fingerprint density at radius 1 is 1.53 bits per heavy atom. The highest BCUT2D eigenvalue weighted by atomic mass is 16.5. The average molecular weight is 219 g/mol. The summed E-state index contributed by atoms with van der Waals surface area (Å²) in [5.74, 6) is -0.625. The van der Waals surface area contributed by atoms with E-state index in [1.165, 1.54) is 14.0 Å². The minimum atomic E-state index is -1.46. The molecule has 0 aliphatic rings. The number of methoxy groups -OCH3 is 1. The van der Waals surface area contributed by atoms with E-state index in [2.05, 4.69) is 10.1 Å². The maximum atomic E-state index is 11.1. The van der Waals surface area contributed by atoms with Crippen molar-refractivity contribution in [1.82, 2.24) is 5.32 Å². The topological polar surface area (TPSA) is 67.8 Å². The maximum Gasteiger partial charge on any atom is 0.338 e. The molecule has 0 saturated heterocycles. The Kier molecular flexibility index (Phi) is 7.29. The number of hydrogen-bond donors (Lipinski definition) is 2. The lowest BCUT2D eigenvalue weighted by atomic mass is 10.1. The molecule has 0 aromatic rings. The Balaban J connectivity index is 3.53. The Labute approximate surface area is 90.8 Å². The first kappa shape index (κ1) is 14.3. The second-order valence-electron chi connectivity index (χ2n) is 3.49. The van der Waals surface area contributed by atoms with Crippen LogP contribution in [0.5, 0.6) is 0 Å². The van der Waals surface area contributed by atoms with Gasteiger partial charge < -0.3 is 19.9 Å². The van der Waals surface area contributed by atoms with Gasteiger partial charge >= 0.3 is 5.97 Å². The molecule has 0 rings (SSSR count). The number of rotatable bonds is 8. The third kappa shape index (κ3) is 6.43. The first-order chi connectivity index (χ1) is 7.04. The molecule has 0 bridgehead atoms. The summed E-state index contributed by atoms with van der Waals surface area (Å²) in [5.41, 5.74) is -1.46. The van der Waals surface area contributed by atoms with Crippen LogP contribution in [0, 0.1) is 0 Å². The Hall–Kier alpha value is -0.650. The van der Waals surface area contributed by atoms with Crippen molar-refractivity contribution in [3.8, 4) is 0 Å². The van der Waals surface area contributed by atoms with Crippen LogP contribution < -0.4 is 5.32 Å². The lowest BCUT2D eigenvalue weighted by Gasteiger charge is -2.20. The van der Waals surface area contributed by atoms with Gasteiger partial charge in [-0.2, -0.15) is 0 Å². The van der Waals surface area contributed by atoms with E-state index in [9.17, 15) is 9.90 Å². The quantitative estimate of drug-likeness (QED) is 0.442. The van der Waals surface area contributed by atoms with Gasteiger partial charge in [0.2, 0.25) is 0 Å². The van der Waals surface area contributed by atoms with E-state index >= 15 is 0 Å². The molecule has 1 atom stereocenters. The fourth-order valence-corrected chi connectivity index (χ4v) is 1.07. The molecule has 5 heteroatoms. The van der Waals surface area contributed by atoms with Crippen LogP contribution in [0.1, 0.15) is 20.3 Å². The van der Waals surface area contributed by atoms with Crippen LogP contribution in [0.3, 0.4) is 0 Å². The molecule has 0 heterocycles. The van der Waals surface area contributed by atoms with Gasteiger partial charge in [0, 0.05) is 19.8 Å². The molecule has 5 nitrogen and oxygen atoms in total. The third-order valence-electron chi connectivity index (χ3n) is 1.94. The molecule has 0 aliphatic heterocycles. The molecule has 2 N–H and O–H groups in total. The predicted octanol–water partition coefficient (Wildman–Crippen LogP) is -0.0734. The Morgan fingerprint density at radius 2 is 2.20 bits per heavy atom. The van der Waals surface area contributed by atoms with Gasteiger partial charge in [0.05, 0.1) is 7.11 Å². The molecule has 0 fully saturated rings. The van der Waals surface area contributed by atoms with Crippen LogP contribution in [-0.2, 0) is 14.3 Å². The number of esters is 1. The number of carbonyl (C=O) groups excluding carboxylic acids is 1. The second kappa shape index (κ2) is 7.62. The van der Waals surface area contributed by atoms with E-state index < -0.39 is 11.6 Å². The fourth-order valence-electron chi connectivity index (χ4n) is 1.07. The smallest absolute Gasteiger partial charge is 0.338 e. The van der Waals surface area contributed by atoms with Crippen LogP contribution in [0.2, 0.25) is 0 Å². The van der Waals surface area contributed by atoms with Crippen molar-refractivity contribution in [2.24, 2.45) is 0 Å². The zero-order chi connectivity index (χ0) is 11.7. The number of carbonyl (C=O) groups is 1. The van der Waals surface area contributed by atoms with Crippen molar-refractivity contribution in [1.29, 1.82) is 0 Å². The summed E-state index contributed by atoms with van der Waals surface area (Å²) in [5, 5.41) is 12.6. The molecule has 0 saturated carbocycles. The van der Waals surface area contributed by atoms with Gasteiger partial charge in [0.15, 0.2) is 5.60 Å². The Bertz CT molecular complexity index is 182. The van der Waals surface area contributed by atoms with Crippen molar-refractivity contribution < 1.29 is 19.4 Å². The van der Waals surface area contributed by atoms with Crippen molar-refractivity contribution >= 4 is 5.97 Å². The molecular formula is C10H21NO4. The largest absolute Gasteiger partial charge is 0.467 e. The third-order valence-corrected chi connectivity index (χ3v) is 1.94. The predicted molar refractivity (Wildman–Crippen MR) is 56.6 cm³/mol. The van der Waals surface area contributed by atoms with Gasteiger partial charge in [0.1, 0.15) is 0 Å². The summed E-state index contributed by atoms with van der Waals surface area (Å²) in [6, 6.07) is 0. The summed E-state index contributed by atoms with van der Waals surface area (Å²) < 4.78 is 9.60. The van der Waals surface area contributed by atoms with E-state index in [4.69, 9.17) is 4.74 Å². The molecule has 0 radical (unpaired) electrons. The van der Waals surface area contributed by atoms with E-state index in [0.717, 1.165) is 6.42 Å². The zero-order valence-corrected chi connectivity index (χ0v) is 9.71. The minimum absolute atomic E-state index is 0.186. The van der Waals surface area contributed by atoms with Gasteiger partial charge in [-0.25, -0.2) is 4.79 Å². The van der Waals surface area contributed by atoms with E-state index in [1.54, 1.807) is 0 Å². The molecule has 0 amide bonds. The second-order valence-corrected chi connectivity index (χ2v) is 3.49. The van der Waals surface area contributed by atoms with Crippen molar-refractivity contribution in [2.75, 3.05) is 33.4 Å². The number of ether oxygens (including phenoxy) is 2. The monoisotopic (exact) mass is 219 g/mol. The van der Waals surface area contributed by atoms with Crippen molar-refractivity contribution in [2.45, 2.75) is 25.9 Å². The average Bonchev–Trinajstić information content (AvgIpc) is 2.22. The normalized spacial score (nSPS) is 14.7. The Morgan fingerprint density at radius 3 is 2.73 bits per heavy atom. The summed E-state index contributed by atoms with van der Waals surface area (Å²) >= 11 is 0. The van der Waals surface area contributed by atoms with Gasteiger partial charge in [-0.3, -0.25) is 0 Å². The molecule has 0 aliphatic carbocycles. The lowest BCUT2D eigenvalue weighted by Crippen LogP contribution is -2.45. The molecule has 90 valence electrons. The molecule has 0 aromatic carbocycles. The van der Waals surface area contributed by atoms with Gasteiger partial charge in [0.25, 0.3) is 0 Å². The first-order valence-corrected chi connectivity index (χ1v) is 5.14. The van der Waals surface area contributed by atoms with Crippen LogP contribution in [0.4, 0.5) is 0 Å². The van der Waals surface area contributed by atoms with Gasteiger partial charge in [-0.15, -0.1) is 0 Å². The van der Waals surface area contributed by atoms with Crippen LogP contribution in [0.15, 0.2) is 0 Å². The number of nitrogens with one attached hydrogen (secondary N) is 1. The van der Waals surface area contributed by atoms with Gasteiger partial charge in [-0.05, 0) is 26.8 Å². The summed E-state index contributed by atoms with van der Waals surface area (Å²) in [4.78, 5) is 11.1. The van der Waals surface area contributed by atoms with E-state index in [-0.39, 0.29) is 6.54 Å². The summed E-state index contributed by atoms with van der Waals surface area (Å²) in [6.45, 7) is 5.65. The van der Waals surface area contributed by atoms with Crippen LogP contribution >= 0.6 is 0 Å². The maximum absolute atomic E-state index is 11.1. The highest BCUT2D eigenvalue weighted by molar-refractivity contribution is 5.78. The van der Waals surface area contributed by atoms with E-state index in [0.29, 0.717) is 19.8 Å². The van der Waals surface area contributed by atoms with Crippen molar-refractivity contribution in [3.63, 3.8) is 0 Å².